The van der Waals surface area contributed by atoms with Crippen molar-refractivity contribution in [2.45, 2.75) is 39.3 Å². The van der Waals surface area contributed by atoms with Crippen molar-refractivity contribution >= 4 is 35.1 Å². The number of nitrogens with zero attached hydrogens (tertiary/aromatic N) is 2. The molecule has 3 aromatic carbocycles. The van der Waals surface area contributed by atoms with E-state index in [2.05, 4.69) is 10.3 Å². The molecule has 0 aromatic heterocycles. The number of benzene rings is 3. The van der Waals surface area contributed by atoms with Gasteiger partial charge in [0.2, 0.25) is 0 Å². The van der Waals surface area contributed by atoms with Crippen LogP contribution in [0.3, 0.4) is 0 Å². The number of nitrogens with one attached hydrogen (secondary N) is 1. The van der Waals surface area contributed by atoms with E-state index >= 15 is 0 Å². The number of rotatable bonds is 12. The van der Waals surface area contributed by atoms with Gasteiger partial charge in [0, 0.05) is 28.9 Å². The maximum Gasteiger partial charge on any atom is 0.344 e. The highest BCUT2D eigenvalue weighted by atomic mass is 35.5. The summed E-state index contributed by atoms with van der Waals surface area (Å²) < 4.78 is 37.9. The monoisotopic (exact) mass is 611 g/mol. The molecule has 0 bridgehead atoms. The number of carbonyl (C=O) groups excluding carboxylic acids is 3. The lowest BCUT2D eigenvalue weighted by Gasteiger charge is -2.39. The summed E-state index contributed by atoms with van der Waals surface area (Å²) in [6.07, 6.45) is 0.141. The molecular formula is C32H32ClF2N3O5. The van der Waals surface area contributed by atoms with Crippen LogP contribution in [0.4, 0.5) is 13.6 Å². The number of halogens is 3. The largest absolute Gasteiger partial charge is 0.462 e. The number of aliphatic imine (C=N–C) groups is 1. The molecule has 11 heteroatoms. The topological polar surface area (TPSA) is 97.3 Å². The third kappa shape index (κ3) is 8.24. The van der Waals surface area contributed by atoms with Crippen LogP contribution in [0, 0.1) is 17.6 Å². The molecule has 0 spiro atoms. The quantitative estimate of drug-likeness (QED) is 0.138. The molecule has 0 aliphatic carbocycles. The number of carbonyl (C=O) groups is 3. The van der Waals surface area contributed by atoms with E-state index in [9.17, 15) is 23.2 Å². The zero-order valence-corrected chi connectivity index (χ0v) is 24.7. The van der Waals surface area contributed by atoms with Crippen molar-refractivity contribution < 1.29 is 32.6 Å². The normalized spacial score (nSPS) is 16.7. The summed E-state index contributed by atoms with van der Waals surface area (Å²) in [6, 6.07) is 15.1. The molecule has 0 saturated carbocycles. The van der Waals surface area contributed by atoms with E-state index in [1.165, 1.54) is 23.1 Å². The molecule has 0 radical (unpaired) electrons. The molecule has 1 N–H and O–H groups in total. The molecule has 2 atom stereocenters. The zero-order valence-electron chi connectivity index (χ0n) is 24.0. The van der Waals surface area contributed by atoms with E-state index in [-0.39, 0.29) is 30.7 Å². The van der Waals surface area contributed by atoms with Gasteiger partial charge < -0.3 is 19.7 Å². The first-order valence-corrected chi connectivity index (χ1v) is 14.2. The van der Waals surface area contributed by atoms with E-state index in [0.29, 0.717) is 40.6 Å². The Morgan fingerprint density at radius 2 is 1.81 bits per heavy atom. The standard InChI is InChI=1S/C32H32ClF2N3O5/c1-19(2)42-31(40)29-20(3)37-32(41)38(30(29)22-6-4-7-23(33)16-22)15-5-14-36-18-27(39)21-8-11-25(12-9-21)43-28-13-10-24(34)17-26(28)35/h4,6-13,16-17,19,29-30,36H,5,14-15,18H2,1-3H3. The predicted octanol–water partition coefficient (Wildman–Crippen LogP) is 6.78. The van der Waals surface area contributed by atoms with Crippen molar-refractivity contribution in [2.24, 2.45) is 10.9 Å². The second-order valence-corrected chi connectivity index (χ2v) is 10.8. The van der Waals surface area contributed by atoms with Crippen molar-refractivity contribution in [3.05, 3.63) is 94.5 Å². The molecule has 4 rings (SSSR count). The van der Waals surface area contributed by atoms with E-state index in [1.54, 1.807) is 51.1 Å². The molecule has 2 amide bonds. The van der Waals surface area contributed by atoms with Crippen LogP contribution in [-0.4, -0.2) is 54.1 Å². The predicted molar refractivity (Wildman–Crippen MR) is 159 cm³/mol. The van der Waals surface area contributed by atoms with Crippen LogP contribution in [0.5, 0.6) is 11.5 Å². The highest BCUT2D eigenvalue weighted by Gasteiger charge is 2.43. The minimum atomic E-state index is -0.831. The summed E-state index contributed by atoms with van der Waals surface area (Å²) in [5.74, 6) is -2.81. The van der Waals surface area contributed by atoms with Gasteiger partial charge in [-0.15, -0.1) is 0 Å². The number of urea groups is 1. The van der Waals surface area contributed by atoms with Gasteiger partial charge >= 0.3 is 12.0 Å². The van der Waals surface area contributed by atoms with Gasteiger partial charge in [0.1, 0.15) is 17.5 Å². The first-order chi connectivity index (χ1) is 20.5. The molecule has 1 heterocycles. The Bertz CT molecular complexity index is 1510. The molecule has 1 aliphatic rings. The van der Waals surface area contributed by atoms with Crippen molar-refractivity contribution in [3.63, 3.8) is 0 Å². The molecule has 1 aliphatic heterocycles. The van der Waals surface area contributed by atoms with Gasteiger partial charge in [-0.3, -0.25) is 9.59 Å². The maximum absolute atomic E-state index is 13.8. The lowest BCUT2D eigenvalue weighted by Crippen LogP contribution is -2.48. The fraction of sp³-hybridized carbons (Fsp3) is 0.312. The molecule has 2 unspecified atom stereocenters. The third-order valence-corrected chi connectivity index (χ3v) is 6.99. The second kappa shape index (κ2) is 14.3. The van der Waals surface area contributed by atoms with Gasteiger partial charge in [-0.2, -0.15) is 0 Å². The van der Waals surface area contributed by atoms with Crippen LogP contribution in [0.25, 0.3) is 0 Å². The Labute approximate surface area is 253 Å². The Hall–Kier alpha value is -4.15. The van der Waals surface area contributed by atoms with Crippen LogP contribution in [0.2, 0.25) is 5.02 Å². The Kier molecular flexibility index (Phi) is 10.6. The summed E-state index contributed by atoms with van der Waals surface area (Å²) in [4.78, 5) is 44.5. The number of hydrogen-bond acceptors (Lipinski definition) is 6. The SMILES string of the molecule is CC1=NC(=O)N(CCCNCC(=O)c2ccc(Oc3ccc(F)cc3F)cc2)C(c2cccc(Cl)c2)C1C(=O)OC(C)C. The molecule has 226 valence electrons. The molecule has 0 saturated heterocycles. The first-order valence-electron chi connectivity index (χ1n) is 13.8. The maximum atomic E-state index is 13.8. The Balaban J connectivity index is 1.35. The van der Waals surface area contributed by atoms with Gasteiger partial charge in [0.25, 0.3) is 0 Å². The highest BCUT2D eigenvalue weighted by molar-refractivity contribution is 6.30. The van der Waals surface area contributed by atoms with Crippen molar-refractivity contribution in [2.75, 3.05) is 19.6 Å². The van der Waals surface area contributed by atoms with Gasteiger partial charge in [0.05, 0.1) is 18.7 Å². The van der Waals surface area contributed by atoms with Crippen LogP contribution in [-0.2, 0) is 9.53 Å². The van der Waals surface area contributed by atoms with Crippen LogP contribution >= 0.6 is 11.6 Å². The fourth-order valence-corrected chi connectivity index (χ4v) is 4.99. The van der Waals surface area contributed by atoms with Crippen LogP contribution in [0.15, 0.2) is 71.7 Å². The Morgan fingerprint density at radius 1 is 1.07 bits per heavy atom. The molecule has 0 fully saturated rings. The number of amides is 2. The highest BCUT2D eigenvalue weighted by Crippen LogP contribution is 2.36. The van der Waals surface area contributed by atoms with Gasteiger partial charge in [-0.1, -0.05) is 23.7 Å². The average molecular weight is 612 g/mol. The molecule has 3 aromatic rings. The van der Waals surface area contributed by atoms with Gasteiger partial charge in [0.15, 0.2) is 17.3 Å². The minimum Gasteiger partial charge on any atom is -0.462 e. The van der Waals surface area contributed by atoms with Crippen LogP contribution in [0.1, 0.15) is 49.2 Å². The van der Waals surface area contributed by atoms with E-state index in [1.807, 2.05) is 6.07 Å². The summed E-state index contributed by atoms with van der Waals surface area (Å²) in [5.41, 5.74) is 1.49. The van der Waals surface area contributed by atoms with Crippen molar-refractivity contribution in [3.8, 4) is 11.5 Å². The lowest BCUT2D eigenvalue weighted by atomic mass is 9.86. The van der Waals surface area contributed by atoms with Crippen molar-refractivity contribution in [1.82, 2.24) is 10.2 Å². The summed E-state index contributed by atoms with van der Waals surface area (Å²) >= 11 is 6.25. The fourth-order valence-electron chi connectivity index (χ4n) is 4.79. The Morgan fingerprint density at radius 3 is 2.49 bits per heavy atom. The van der Waals surface area contributed by atoms with E-state index in [0.717, 1.165) is 12.1 Å². The number of esters is 1. The van der Waals surface area contributed by atoms with E-state index in [4.69, 9.17) is 21.1 Å². The van der Waals surface area contributed by atoms with Gasteiger partial charge in [-0.05, 0) is 87.8 Å². The molecular weight excluding hydrogens is 580 g/mol. The van der Waals surface area contributed by atoms with Crippen molar-refractivity contribution in [1.29, 1.82) is 0 Å². The van der Waals surface area contributed by atoms with Crippen LogP contribution < -0.4 is 10.1 Å². The number of ether oxygens (including phenoxy) is 2. The molecule has 8 nitrogen and oxygen atoms in total. The number of ketones is 1. The smallest absolute Gasteiger partial charge is 0.344 e. The second-order valence-electron chi connectivity index (χ2n) is 10.3. The summed E-state index contributed by atoms with van der Waals surface area (Å²) in [7, 11) is 0. The lowest BCUT2D eigenvalue weighted by molar-refractivity contribution is -0.151. The summed E-state index contributed by atoms with van der Waals surface area (Å²) in [5, 5.41) is 3.56. The first kappa shape index (κ1) is 31.8. The zero-order chi connectivity index (χ0) is 31.1. The summed E-state index contributed by atoms with van der Waals surface area (Å²) in [6.45, 7) is 5.88. The average Bonchev–Trinajstić information content (AvgIpc) is 2.94. The minimum absolute atomic E-state index is 0.0407. The van der Waals surface area contributed by atoms with Gasteiger partial charge in [-0.25, -0.2) is 18.6 Å². The molecule has 43 heavy (non-hydrogen) atoms. The third-order valence-electron chi connectivity index (χ3n) is 6.75. The van der Waals surface area contributed by atoms with E-state index < -0.39 is 35.6 Å². The number of Topliss-reactive ketones (excluding diaryl/α,β-unsaturated/α-hetero) is 1. The number of hydrogen-bond donors (Lipinski definition) is 1.